The summed E-state index contributed by atoms with van der Waals surface area (Å²) in [7, 11) is 0. The highest BCUT2D eigenvalue weighted by Gasteiger charge is 2.61. The molecule has 258 valence electrons. The Balaban J connectivity index is 1.04. The Morgan fingerprint density at radius 1 is 0.426 bits per heavy atom. The second-order valence-corrected chi connectivity index (χ2v) is 16.0. The van der Waals surface area contributed by atoms with Gasteiger partial charge in [-0.05, 0) is 131 Å². The van der Waals surface area contributed by atoms with Crippen LogP contribution in [0, 0.1) is 35.0 Å². The van der Waals surface area contributed by atoms with Gasteiger partial charge in [0.2, 0.25) is 0 Å². The largest absolute Gasteiger partial charge is 0.208 e. The van der Waals surface area contributed by atoms with Crippen molar-refractivity contribution < 1.29 is 0 Å². The molecule has 1 aromatic heterocycles. The van der Waals surface area contributed by atoms with Crippen molar-refractivity contribution in [2.24, 2.45) is 23.7 Å². The van der Waals surface area contributed by atoms with Crippen molar-refractivity contribution in [3.05, 3.63) is 162 Å². The number of nitriles is 1. The van der Waals surface area contributed by atoms with Crippen LogP contribution in [-0.4, -0.2) is 15.0 Å². The van der Waals surface area contributed by atoms with Gasteiger partial charge in [-0.15, -0.1) is 0 Å². The Morgan fingerprint density at radius 3 is 1.41 bits per heavy atom. The maximum atomic E-state index is 9.44. The molecule has 4 saturated carbocycles. The predicted octanol–water partition coefficient (Wildman–Crippen LogP) is 11.8. The summed E-state index contributed by atoms with van der Waals surface area (Å²) in [4.78, 5) is 15.0. The van der Waals surface area contributed by atoms with Crippen LogP contribution in [0.25, 0.3) is 67.5 Å². The van der Waals surface area contributed by atoms with Gasteiger partial charge >= 0.3 is 0 Å². The zero-order chi connectivity index (χ0) is 35.8. The molecule has 0 N–H and O–H groups in total. The molecule has 0 aliphatic heterocycles. The summed E-state index contributed by atoms with van der Waals surface area (Å²) < 4.78 is 0. The number of aromatic nitrogens is 3. The number of rotatable bonds is 5. The molecule has 7 aromatic rings. The van der Waals surface area contributed by atoms with Gasteiger partial charge in [-0.1, -0.05) is 115 Å². The van der Waals surface area contributed by atoms with Gasteiger partial charge in [0.15, 0.2) is 17.5 Å². The van der Waals surface area contributed by atoms with Crippen LogP contribution < -0.4 is 0 Å². The summed E-state index contributed by atoms with van der Waals surface area (Å²) >= 11 is 0. The maximum absolute atomic E-state index is 9.44. The lowest BCUT2D eigenvalue weighted by molar-refractivity contribution is -0.0399. The third kappa shape index (κ3) is 4.85. The summed E-state index contributed by atoms with van der Waals surface area (Å²) in [6.45, 7) is 0. The molecule has 4 heteroatoms. The van der Waals surface area contributed by atoms with Crippen LogP contribution in [0.4, 0.5) is 0 Å². The van der Waals surface area contributed by atoms with Crippen molar-refractivity contribution in [1.29, 1.82) is 5.26 Å². The van der Waals surface area contributed by atoms with E-state index in [4.69, 9.17) is 15.0 Å². The minimum atomic E-state index is 0.0255. The molecule has 54 heavy (non-hydrogen) atoms. The SMILES string of the molecule is N#Cc1ccc(-c2ccc3c(c2)C2(c4cc(-c5cccc(-c6nc(-c7ccccc7)nc(-c7ccccc7)n6)c5)ccc4-3)C3CC4CC(C3)CC2C4)cc1. The smallest absolute Gasteiger partial charge is 0.164 e. The molecule has 5 aliphatic rings. The van der Waals surface area contributed by atoms with Crippen molar-refractivity contribution in [1.82, 2.24) is 15.0 Å². The molecule has 4 bridgehead atoms. The lowest BCUT2D eigenvalue weighted by Crippen LogP contribution is -2.55. The number of hydrogen-bond donors (Lipinski definition) is 0. The second-order valence-electron chi connectivity index (χ2n) is 16.0. The Kier molecular flexibility index (Phi) is 7.07. The summed E-state index contributed by atoms with van der Waals surface area (Å²) in [5, 5.41) is 9.44. The highest BCUT2D eigenvalue weighted by Crippen LogP contribution is 2.69. The van der Waals surface area contributed by atoms with Crippen LogP contribution in [0.3, 0.4) is 0 Å². The fourth-order valence-electron chi connectivity index (χ4n) is 11.1. The van der Waals surface area contributed by atoms with Crippen LogP contribution in [0.15, 0.2) is 146 Å². The van der Waals surface area contributed by atoms with E-state index in [1.54, 1.807) is 0 Å². The number of hydrogen-bond acceptors (Lipinski definition) is 4. The zero-order valence-electron chi connectivity index (χ0n) is 30.0. The highest BCUT2D eigenvalue weighted by atomic mass is 15.0. The zero-order valence-corrected chi connectivity index (χ0v) is 30.0. The maximum Gasteiger partial charge on any atom is 0.164 e. The summed E-state index contributed by atoms with van der Waals surface area (Å²) in [6.07, 6.45) is 6.76. The van der Waals surface area contributed by atoms with Crippen molar-refractivity contribution in [3.8, 4) is 73.6 Å². The molecule has 4 fully saturated rings. The van der Waals surface area contributed by atoms with E-state index in [2.05, 4.69) is 103 Å². The standard InChI is InChI=1S/C50H38N4/c51-30-31-14-16-34(17-15-31)38-18-20-43-44-21-19-39(29-46(44)50(45(43)28-38)41-23-32-22-33(25-41)26-42(50)24-32)37-12-7-13-40(27-37)49-53-47(35-8-3-1-4-9-35)52-48(54-49)36-10-5-2-6-11-36/h1-21,27-29,32-33,41-42H,22-26H2. The van der Waals surface area contributed by atoms with Crippen LogP contribution in [0.2, 0.25) is 0 Å². The van der Waals surface area contributed by atoms with Crippen molar-refractivity contribution in [2.45, 2.75) is 37.5 Å². The molecule has 1 spiro atoms. The topological polar surface area (TPSA) is 62.5 Å². The molecule has 6 aromatic carbocycles. The lowest BCUT2D eigenvalue weighted by Gasteiger charge is -2.61. The van der Waals surface area contributed by atoms with Gasteiger partial charge in [0.05, 0.1) is 11.6 Å². The second kappa shape index (κ2) is 12.2. The number of nitrogens with zero attached hydrogens (tertiary/aromatic N) is 4. The molecule has 0 amide bonds. The lowest BCUT2D eigenvalue weighted by atomic mass is 9.43. The highest BCUT2D eigenvalue weighted by molar-refractivity contribution is 5.87. The Bertz CT molecular complexity index is 2530. The monoisotopic (exact) mass is 694 g/mol. The van der Waals surface area contributed by atoms with Gasteiger partial charge in [-0.2, -0.15) is 5.26 Å². The van der Waals surface area contributed by atoms with Crippen molar-refractivity contribution in [3.63, 3.8) is 0 Å². The third-order valence-electron chi connectivity index (χ3n) is 13.1. The summed E-state index contributed by atoms with van der Waals surface area (Å²) in [5.74, 6) is 5.07. The van der Waals surface area contributed by atoms with Gasteiger partial charge in [0.25, 0.3) is 0 Å². The minimum absolute atomic E-state index is 0.0255. The van der Waals surface area contributed by atoms with E-state index < -0.39 is 0 Å². The number of fused-ring (bicyclic) bond motifs is 3. The van der Waals surface area contributed by atoms with E-state index in [1.807, 2.05) is 48.5 Å². The quantitative estimate of drug-likeness (QED) is 0.180. The molecular formula is C50H38N4. The molecule has 0 radical (unpaired) electrons. The van der Waals surface area contributed by atoms with E-state index in [1.165, 1.54) is 76.6 Å². The predicted molar refractivity (Wildman–Crippen MR) is 215 cm³/mol. The van der Waals surface area contributed by atoms with Gasteiger partial charge in [-0.3, -0.25) is 0 Å². The van der Waals surface area contributed by atoms with Crippen LogP contribution in [-0.2, 0) is 5.41 Å². The Morgan fingerprint density at radius 2 is 0.870 bits per heavy atom. The van der Waals surface area contributed by atoms with E-state index in [0.29, 0.717) is 34.9 Å². The van der Waals surface area contributed by atoms with Gasteiger partial charge in [0.1, 0.15) is 0 Å². The van der Waals surface area contributed by atoms with E-state index >= 15 is 0 Å². The van der Waals surface area contributed by atoms with Crippen molar-refractivity contribution >= 4 is 0 Å². The Labute approximate surface area is 316 Å². The average molecular weight is 695 g/mol. The summed E-state index contributed by atoms with van der Waals surface area (Å²) in [6, 6.07) is 54.0. The van der Waals surface area contributed by atoms with Crippen LogP contribution in [0.1, 0.15) is 48.8 Å². The molecule has 0 atom stereocenters. The van der Waals surface area contributed by atoms with Crippen molar-refractivity contribution in [2.75, 3.05) is 0 Å². The van der Waals surface area contributed by atoms with E-state index in [9.17, 15) is 5.26 Å². The number of benzene rings is 6. The van der Waals surface area contributed by atoms with Gasteiger partial charge < -0.3 is 0 Å². The minimum Gasteiger partial charge on any atom is -0.208 e. The third-order valence-corrected chi connectivity index (χ3v) is 13.1. The van der Waals surface area contributed by atoms with E-state index in [0.717, 1.165) is 28.5 Å². The first-order chi connectivity index (χ1) is 26.6. The normalized spacial score (nSPS) is 22.9. The average Bonchev–Trinajstić information content (AvgIpc) is 3.52. The molecular weight excluding hydrogens is 657 g/mol. The Hall–Kier alpha value is -6.18. The molecule has 12 rings (SSSR count). The van der Waals surface area contributed by atoms with Gasteiger partial charge in [-0.25, -0.2) is 15.0 Å². The first-order valence-electron chi connectivity index (χ1n) is 19.4. The van der Waals surface area contributed by atoms with Gasteiger partial charge in [0, 0.05) is 22.1 Å². The first kappa shape index (κ1) is 31.4. The molecule has 5 aliphatic carbocycles. The van der Waals surface area contributed by atoms with Crippen LogP contribution in [0.5, 0.6) is 0 Å². The van der Waals surface area contributed by atoms with E-state index in [-0.39, 0.29) is 5.41 Å². The molecule has 0 saturated heterocycles. The first-order valence-corrected chi connectivity index (χ1v) is 19.4. The fourth-order valence-corrected chi connectivity index (χ4v) is 11.1. The molecule has 4 nitrogen and oxygen atoms in total. The summed E-state index contributed by atoms with van der Waals surface area (Å²) in [5.41, 5.74) is 14.3. The fraction of sp³-hybridized carbons (Fsp3) is 0.200. The molecule has 1 heterocycles. The van der Waals surface area contributed by atoms with Crippen LogP contribution >= 0.6 is 0 Å². The molecule has 0 unspecified atom stereocenters.